The van der Waals surface area contributed by atoms with E-state index in [4.69, 9.17) is 68.1 Å². The minimum Gasteiger partial charge on any atom is -0.445 e. The zero-order valence-electron chi connectivity index (χ0n) is 26.3. The van der Waals surface area contributed by atoms with Gasteiger partial charge in [-0.2, -0.15) is 8.42 Å². The van der Waals surface area contributed by atoms with E-state index in [1.807, 2.05) is 91.0 Å². The van der Waals surface area contributed by atoms with Crippen molar-refractivity contribution in [2.24, 2.45) is 0 Å². The van der Waals surface area contributed by atoms with Gasteiger partial charge < -0.3 is 23.7 Å². The largest absolute Gasteiger partial charge is 0.445 e. The van der Waals surface area contributed by atoms with E-state index >= 15 is 0 Å². The highest BCUT2D eigenvalue weighted by Crippen LogP contribution is 2.35. The number of ether oxygens (including phenoxy) is 5. The van der Waals surface area contributed by atoms with Gasteiger partial charge >= 0.3 is 0 Å². The lowest BCUT2D eigenvalue weighted by molar-refractivity contribution is -0.297. The van der Waals surface area contributed by atoms with Gasteiger partial charge in [0.1, 0.15) is 24.1 Å². The lowest BCUT2D eigenvalue weighted by Gasteiger charge is -2.45. The summed E-state index contributed by atoms with van der Waals surface area (Å²) in [6, 6.07) is 36.9. The van der Waals surface area contributed by atoms with Gasteiger partial charge in [-0.15, -0.1) is 0 Å². The Morgan fingerprint density at radius 3 is 1.59 bits per heavy atom. The van der Waals surface area contributed by atoms with Gasteiger partial charge in [0.25, 0.3) is 13.9 Å². The summed E-state index contributed by atoms with van der Waals surface area (Å²) in [5.74, 6) is -1.25. The minimum atomic E-state index is -4.31. The second-order valence-corrected chi connectivity index (χ2v) is 15.1. The smallest absolute Gasteiger partial charge is 0.272 e. The number of benzene rings is 4. The van der Waals surface area contributed by atoms with Crippen molar-refractivity contribution in [1.82, 2.24) is 0 Å². The molecule has 49 heavy (non-hydrogen) atoms. The molecular weight excluding hydrogens is 713 g/mol. The van der Waals surface area contributed by atoms with Crippen molar-refractivity contribution in [2.75, 3.05) is 6.61 Å². The average molecular weight is 749 g/mol. The molecule has 13 heteroatoms. The molecule has 1 heterocycles. The van der Waals surface area contributed by atoms with E-state index in [0.717, 1.165) is 16.7 Å². The van der Waals surface area contributed by atoms with E-state index < -0.39 is 56.3 Å². The fourth-order valence-electron chi connectivity index (χ4n) is 5.17. The zero-order valence-corrected chi connectivity index (χ0v) is 29.4. The molecule has 4 aromatic rings. The molecule has 0 aromatic heterocycles. The predicted molar refractivity (Wildman–Crippen MR) is 188 cm³/mol. The van der Waals surface area contributed by atoms with Gasteiger partial charge in [-0.3, -0.25) is 9.59 Å². The molecule has 0 radical (unpaired) electrons. The maximum Gasteiger partial charge on any atom is 0.272 e. The van der Waals surface area contributed by atoms with Crippen molar-refractivity contribution in [1.29, 1.82) is 5.41 Å². The summed E-state index contributed by atoms with van der Waals surface area (Å²) in [7, 11) is -4.31. The van der Waals surface area contributed by atoms with Gasteiger partial charge in [0.05, 0.1) is 26.4 Å². The van der Waals surface area contributed by atoms with Crippen LogP contribution in [-0.4, -0.2) is 55.4 Å². The number of hydrogen-bond acceptors (Lipinski definition) is 9. The van der Waals surface area contributed by atoms with E-state index in [1.165, 1.54) is 0 Å². The molecule has 0 amide bonds. The van der Waals surface area contributed by atoms with Crippen LogP contribution in [0.1, 0.15) is 22.3 Å². The van der Waals surface area contributed by atoms with Crippen LogP contribution in [0.4, 0.5) is 0 Å². The highest BCUT2D eigenvalue weighted by molar-refractivity contribution is 7.85. The van der Waals surface area contributed by atoms with Crippen molar-refractivity contribution >= 4 is 50.8 Å². The van der Waals surface area contributed by atoms with Crippen LogP contribution in [0.25, 0.3) is 0 Å². The first kappa shape index (κ1) is 37.2. The van der Waals surface area contributed by atoms with Crippen LogP contribution in [0.5, 0.6) is 0 Å². The van der Waals surface area contributed by atoms with E-state index in [9.17, 15) is 8.42 Å². The third-order valence-electron chi connectivity index (χ3n) is 7.49. The summed E-state index contributed by atoms with van der Waals surface area (Å²) in [5.41, 5.74) is 3.09. The van der Waals surface area contributed by atoms with Crippen molar-refractivity contribution < 1.29 is 36.3 Å². The Morgan fingerprint density at radius 1 is 0.653 bits per heavy atom. The second-order valence-electron chi connectivity index (χ2n) is 11.3. The Bertz CT molecular complexity index is 1700. The summed E-state index contributed by atoms with van der Waals surface area (Å²) in [6.45, 7) is 0.419. The SMILES string of the molecule is N=C(O[C@H]1O[C@H](COCc2ccccc2)[C@@H](OCc2ccccc2)[C@H](OCc2ccccc2)[C@@H]1OS(=O)(=O)Cc1ccccc1)C(Cl)(Cl)Cl. The molecule has 1 aliphatic heterocycles. The predicted octanol–water partition coefficient (Wildman–Crippen LogP) is 7.38. The first-order valence-corrected chi connectivity index (χ1v) is 18.1. The molecule has 0 unspecified atom stereocenters. The molecule has 0 spiro atoms. The van der Waals surface area contributed by atoms with E-state index in [1.54, 1.807) is 30.3 Å². The average Bonchev–Trinajstić information content (AvgIpc) is 3.09. The summed E-state index contributed by atoms with van der Waals surface area (Å²) in [6.07, 6.45) is -6.08. The fourth-order valence-corrected chi connectivity index (χ4v) is 6.51. The molecule has 9 nitrogen and oxygen atoms in total. The van der Waals surface area contributed by atoms with Gasteiger partial charge in [-0.05, 0) is 22.3 Å². The summed E-state index contributed by atoms with van der Waals surface area (Å²) in [4.78, 5) is 0. The van der Waals surface area contributed by atoms with Gasteiger partial charge in [0.15, 0.2) is 6.10 Å². The molecule has 5 rings (SSSR count). The molecule has 1 N–H and O–H groups in total. The standard InChI is InChI=1S/C36H36Cl3NO8S/c37-36(38,39)35(40)47-34-33(48-49(41,42)25-29-19-11-4-12-20-29)32(45-23-28-17-9-3-10-18-28)31(44-22-27-15-7-2-8-16-27)30(46-34)24-43-21-26-13-5-1-6-14-26/h1-20,30-34,40H,21-25H2/t30-,31-,32+,33+,34-/m1/s1. The van der Waals surface area contributed by atoms with Crippen molar-refractivity contribution in [3.05, 3.63) is 144 Å². The number of nitrogens with one attached hydrogen (secondary N) is 1. The monoisotopic (exact) mass is 747 g/mol. The first-order valence-electron chi connectivity index (χ1n) is 15.4. The molecule has 1 fully saturated rings. The van der Waals surface area contributed by atoms with Crippen LogP contribution in [0.3, 0.4) is 0 Å². The van der Waals surface area contributed by atoms with Crippen LogP contribution in [0.2, 0.25) is 0 Å². The Labute approximate surface area is 301 Å². The van der Waals surface area contributed by atoms with Gasteiger partial charge in [0, 0.05) is 0 Å². The third kappa shape index (κ3) is 11.5. The molecule has 5 atom stereocenters. The molecular formula is C36H36Cl3NO8S. The van der Waals surface area contributed by atoms with E-state index in [0.29, 0.717) is 5.56 Å². The Balaban J connectivity index is 1.50. The molecule has 0 aliphatic carbocycles. The molecule has 1 saturated heterocycles. The van der Waals surface area contributed by atoms with Crippen LogP contribution in [0, 0.1) is 5.41 Å². The van der Waals surface area contributed by atoms with Crippen LogP contribution in [0.15, 0.2) is 121 Å². The normalized spacial score (nSPS) is 21.2. The first-order chi connectivity index (χ1) is 23.6. The van der Waals surface area contributed by atoms with E-state index in [2.05, 4.69) is 0 Å². The second kappa shape index (κ2) is 17.8. The van der Waals surface area contributed by atoms with Gasteiger partial charge in [-0.25, -0.2) is 0 Å². The number of rotatable bonds is 15. The van der Waals surface area contributed by atoms with Crippen LogP contribution in [-0.2, 0) is 63.6 Å². The summed E-state index contributed by atoms with van der Waals surface area (Å²) < 4.78 is 61.9. The number of hydrogen-bond donors (Lipinski definition) is 1. The molecule has 4 aromatic carbocycles. The quantitative estimate of drug-likeness (QED) is 0.0581. The van der Waals surface area contributed by atoms with Crippen LogP contribution < -0.4 is 0 Å². The van der Waals surface area contributed by atoms with Crippen molar-refractivity contribution in [2.45, 2.75) is 60.1 Å². The highest BCUT2D eigenvalue weighted by Gasteiger charge is 2.52. The van der Waals surface area contributed by atoms with Gasteiger partial charge in [-0.1, -0.05) is 156 Å². The Morgan fingerprint density at radius 2 is 1.10 bits per heavy atom. The number of halogens is 3. The lowest BCUT2D eigenvalue weighted by atomic mass is 9.98. The van der Waals surface area contributed by atoms with Gasteiger partial charge in [0.2, 0.25) is 12.2 Å². The fraction of sp³-hybridized carbons (Fsp3) is 0.306. The summed E-state index contributed by atoms with van der Waals surface area (Å²) in [5, 5.41) is 8.33. The Hall–Kier alpha value is -3.03. The molecule has 1 aliphatic rings. The maximum atomic E-state index is 13.6. The highest BCUT2D eigenvalue weighted by atomic mass is 35.6. The molecule has 0 bridgehead atoms. The third-order valence-corrected chi connectivity index (χ3v) is 9.21. The van der Waals surface area contributed by atoms with Crippen LogP contribution >= 0.6 is 34.8 Å². The molecule has 0 saturated carbocycles. The molecule has 260 valence electrons. The maximum absolute atomic E-state index is 13.6. The topological polar surface area (TPSA) is 113 Å². The summed E-state index contributed by atoms with van der Waals surface area (Å²) >= 11 is 18.0. The minimum absolute atomic E-state index is 0.0238. The van der Waals surface area contributed by atoms with Crippen molar-refractivity contribution in [3.63, 3.8) is 0 Å². The Kier molecular flexibility index (Phi) is 13.5. The lowest BCUT2D eigenvalue weighted by Crippen LogP contribution is -2.62. The zero-order chi connectivity index (χ0) is 34.7. The van der Waals surface area contributed by atoms with Crippen molar-refractivity contribution in [3.8, 4) is 0 Å². The number of alkyl halides is 3. The van der Waals surface area contributed by atoms with E-state index in [-0.39, 0.29) is 26.4 Å².